The van der Waals surface area contributed by atoms with Crippen LogP contribution in [0.1, 0.15) is 53.7 Å². The SMILES string of the molecule is C[C@@H]1NC(=O)[C@@H](N(C)C(=O)[C@H](CCCCN)NC(=O)c2ccc(-c3ccc(Cl)cc3)cc2)c2ccc(O)c(c2)-c2cc(cc(Br)c2O)C[C@@H](C(=O)O)NC1=O. The van der Waals surface area contributed by atoms with Crippen LogP contribution in [0.5, 0.6) is 11.5 Å². The Balaban J connectivity index is 1.52. The number of carboxylic acids is 1. The first-order valence-corrected chi connectivity index (χ1v) is 18.7. The summed E-state index contributed by atoms with van der Waals surface area (Å²) in [5.74, 6) is -4.63. The number of likely N-dealkylation sites (N-methyl/N-ethyl adjacent to an activating group) is 1. The van der Waals surface area contributed by atoms with Crippen molar-refractivity contribution in [2.24, 2.45) is 5.73 Å². The number of unbranched alkanes of at least 4 members (excludes halogenated alkanes) is 1. The van der Waals surface area contributed by atoms with Gasteiger partial charge in [0.1, 0.15) is 35.7 Å². The van der Waals surface area contributed by atoms with Gasteiger partial charge in [-0.1, -0.05) is 41.9 Å². The summed E-state index contributed by atoms with van der Waals surface area (Å²) in [7, 11) is 1.38. The zero-order valence-corrected chi connectivity index (χ0v) is 32.4. The van der Waals surface area contributed by atoms with Crippen molar-refractivity contribution in [3.63, 3.8) is 0 Å². The fourth-order valence-electron chi connectivity index (χ4n) is 6.38. The molecule has 1 aliphatic heterocycles. The second-order valence-corrected chi connectivity index (χ2v) is 14.6. The lowest BCUT2D eigenvalue weighted by atomic mass is 9.93. The Hall–Kier alpha value is -5.44. The van der Waals surface area contributed by atoms with Crippen LogP contribution in [0.3, 0.4) is 0 Å². The molecule has 0 fully saturated rings. The Morgan fingerprint density at radius 1 is 0.927 bits per heavy atom. The minimum absolute atomic E-state index is 0.0899. The number of hydrogen-bond donors (Lipinski definition) is 7. The number of halogens is 2. The maximum absolute atomic E-state index is 14.4. The van der Waals surface area contributed by atoms with Crippen LogP contribution in [0.4, 0.5) is 0 Å². The Morgan fingerprint density at radius 3 is 2.22 bits per heavy atom. The van der Waals surface area contributed by atoms with E-state index in [0.717, 1.165) is 16.0 Å². The molecule has 0 saturated carbocycles. The topological polar surface area (TPSA) is 211 Å². The lowest BCUT2D eigenvalue weighted by molar-refractivity contribution is -0.143. The third-order valence-electron chi connectivity index (χ3n) is 9.41. The zero-order chi connectivity index (χ0) is 40.0. The zero-order valence-electron chi connectivity index (χ0n) is 30.0. The molecule has 0 spiro atoms. The fraction of sp³-hybridized carbons (Fsp3) is 0.275. The highest BCUT2D eigenvalue weighted by Crippen LogP contribution is 2.42. The predicted molar refractivity (Wildman–Crippen MR) is 210 cm³/mol. The molecule has 4 aromatic rings. The van der Waals surface area contributed by atoms with Gasteiger partial charge in [0.25, 0.3) is 5.91 Å². The molecule has 0 radical (unpaired) electrons. The van der Waals surface area contributed by atoms with Gasteiger partial charge in [-0.2, -0.15) is 0 Å². The molecule has 4 atom stereocenters. The number of carbonyl (C=O) groups excluding carboxylic acids is 4. The number of carbonyl (C=O) groups is 5. The first-order chi connectivity index (χ1) is 26.2. The summed E-state index contributed by atoms with van der Waals surface area (Å²) in [5, 5.41) is 40.5. The number of nitrogens with two attached hydrogens (primary N) is 1. The average Bonchev–Trinajstić information content (AvgIpc) is 3.15. The first-order valence-electron chi connectivity index (χ1n) is 17.5. The van der Waals surface area contributed by atoms with Crippen molar-refractivity contribution in [3.05, 3.63) is 105 Å². The number of benzene rings is 4. The van der Waals surface area contributed by atoms with Gasteiger partial charge in [0.2, 0.25) is 17.7 Å². The third-order valence-corrected chi connectivity index (χ3v) is 10.3. The third kappa shape index (κ3) is 9.63. The van der Waals surface area contributed by atoms with Gasteiger partial charge in [-0.15, -0.1) is 0 Å². The van der Waals surface area contributed by atoms with Gasteiger partial charge in [0.05, 0.1) is 4.47 Å². The highest BCUT2D eigenvalue weighted by atomic mass is 79.9. The maximum Gasteiger partial charge on any atom is 0.326 e. The molecule has 13 nitrogen and oxygen atoms in total. The van der Waals surface area contributed by atoms with E-state index >= 15 is 0 Å². The van der Waals surface area contributed by atoms with Crippen LogP contribution in [-0.4, -0.2) is 81.5 Å². The molecule has 4 amide bonds. The lowest BCUT2D eigenvalue weighted by Gasteiger charge is -2.32. The largest absolute Gasteiger partial charge is 0.507 e. The van der Waals surface area contributed by atoms with Gasteiger partial charge in [-0.05, 0) is 119 Å². The Morgan fingerprint density at radius 2 is 1.58 bits per heavy atom. The van der Waals surface area contributed by atoms with E-state index in [-0.39, 0.29) is 45.5 Å². The smallest absolute Gasteiger partial charge is 0.326 e. The van der Waals surface area contributed by atoms with Gasteiger partial charge in [-0.3, -0.25) is 19.2 Å². The van der Waals surface area contributed by atoms with Crippen LogP contribution < -0.4 is 21.7 Å². The Labute approximate surface area is 331 Å². The van der Waals surface area contributed by atoms with E-state index in [4.69, 9.17) is 17.3 Å². The lowest BCUT2D eigenvalue weighted by Crippen LogP contribution is -2.54. The number of phenolic OH excluding ortho intramolecular Hbond substituents is 2. The molecule has 0 saturated heterocycles. The molecule has 0 aromatic heterocycles. The molecule has 15 heteroatoms. The maximum atomic E-state index is 14.4. The van der Waals surface area contributed by atoms with Crippen LogP contribution in [-0.2, 0) is 25.6 Å². The normalized spacial score (nSPS) is 17.6. The molecule has 5 rings (SSSR count). The van der Waals surface area contributed by atoms with Gasteiger partial charge < -0.3 is 41.9 Å². The minimum atomic E-state index is -1.43. The van der Waals surface area contributed by atoms with Crippen molar-refractivity contribution in [1.82, 2.24) is 20.9 Å². The monoisotopic (exact) mass is 833 g/mol. The number of aromatic hydroxyl groups is 2. The summed E-state index contributed by atoms with van der Waals surface area (Å²) in [6, 6.07) is 16.0. The summed E-state index contributed by atoms with van der Waals surface area (Å²) in [6.45, 7) is 1.73. The van der Waals surface area contributed by atoms with Crippen LogP contribution in [0.15, 0.2) is 83.3 Å². The van der Waals surface area contributed by atoms with Crippen molar-refractivity contribution in [2.75, 3.05) is 13.6 Å². The van der Waals surface area contributed by atoms with Crippen molar-refractivity contribution in [2.45, 2.75) is 56.8 Å². The number of nitrogens with one attached hydrogen (secondary N) is 3. The molecular formula is C40H41BrClN5O8. The summed E-state index contributed by atoms with van der Waals surface area (Å²) in [5.41, 5.74) is 8.60. The summed E-state index contributed by atoms with van der Waals surface area (Å²) in [6.07, 6.45) is 1.04. The highest BCUT2D eigenvalue weighted by molar-refractivity contribution is 9.10. The predicted octanol–water partition coefficient (Wildman–Crippen LogP) is 4.91. The second kappa shape index (κ2) is 17.8. The fourth-order valence-corrected chi connectivity index (χ4v) is 7.01. The Bertz CT molecular complexity index is 2100. The van der Waals surface area contributed by atoms with Gasteiger partial charge in [0.15, 0.2) is 0 Å². The molecule has 1 heterocycles. The van der Waals surface area contributed by atoms with E-state index in [1.165, 1.54) is 44.3 Å². The van der Waals surface area contributed by atoms with Crippen LogP contribution >= 0.6 is 27.5 Å². The average molecular weight is 835 g/mol. The summed E-state index contributed by atoms with van der Waals surface area (Å²) in [4.78, 5) is 68.7. The summed E-state index contributed by atoms with van der Waals surface area (Å²) < 4.78 is 0.193. The van der Waals surface area contributed by atoms with E-state index < -0.39 is 53.8 Å². The van der Waals surface area contributed by atoms with Crippen molar-refractivity contribution in [3.8, 4) is 33.8 Å². The van der Waals surface area contributed by atoms with Crippen LogP contribution in [0, 0.1) is 0 Å². The van der Waals surface area contributed by atoms with Gasteiger partial charge in [-0.25, -0.2) is 4.79 Å². The molecule has 288 valence electrons. The van der Waals surface area contributed by atoms with Crippen LogP contribution in [0.2, 0.25) is 5.02 Å². The highest BCUT2D eigenvalue weighted by Gasteiger charge is 2.36. The molecule has 0 unspecified atom stereocenters. The molecular weight excluding hydrogens is 794 g/mol. The second-order valence-electron chi connectivity index (χ2n) is 13.3. The number of amides is 4. The number of phenols is 2. The van der Waals surface area contributed by atoms with Crippen molar-refractivity contribution >= 4 is 57.1 Å². The molecule has 4 aromatic carbocycles. The van der Waals surface area contributed by atoms with Crippen molar-refractivity contribution < 1.29 is 39.3 Å². The quantitative estimate of drug-likeness (QED) is 0.108. The van der Waals surface area contributed by atoms with E-state index in [2.05, 4.69) is 31.9 Å². The van der Waals surface area contributed by atoms with E-state index in [0.29, 0.717) is 35.5 Å². The number of hydrogen-bond acceptors (Lipinski definition) is 8. The van der Waals surface area contributed by atoms with E-state index in [9.17, 15) is 39.3 Å². The standard InChI is InChI=1S/C40H41BrClN5O8/c1-21-36(50)46-32(40(54)55)19-22-17-29(35(49)30(41)18-22)28-20-26(12-15-33(28)48)34(38(52)44-21)47(2)39(53)31(5-3-4-16-43)45-37(51)25-8-6-23(7-9-25)24-10-13-27(42)14-11-24/h6-15,17-18,20-21,31-32,34,48-49H,3-5,16,19,43H2,1-2H3,(H,44,52)(H,45,51)(H,46,50)(H,54,55)/t21-,31-,32-,34-/m0/s1. The number of aliphatic carboxylic acids is 1. The number of rotatable bonds is 10. The Kier molecular flexibility index (Phi) is 13.2. The summed E-state index contributed by atoms with van der Waals surface area (Å²) >= 11 is 9.32. The molecule has 1 aliphatic rings. The van der Waals surface area contributed by atoms with E-state index in [1.54, 1.807) is 36.4 Å². The van der Waals surface area contributed by atoms with E-state index in [1.807, 2.05) is 12.1 Å². The van der Waals surface area contributed by atoms with Gasteiger partial charge in [0, 0.05) is 35.2 Å². The molecule has 8 N–H and O–H groups in total. The number of nitrogens with zero attached hydrogens (tertiary/aromatic N) is 1. The number of fused-ring (bicyclic) bond motifs is 5. The molecule has 55 heavy (non-hydrogen) atoms. The van der Waals surface area contributed by atoms with Crippen LogP contribution in [0.25, 0.3) is 22.3 Å². The first kappa shape index (κ1) is 40.7. The molecule has 0 aliphatic carbocycles. The minimum Gasteiger partial charge on any atom is -0.507 e. The number of carboxylic acid groups (broad SMARTS) is 1. The van der Waals surface area contributed by atoms with Crippen molar-refractivity contribution in [1.29, 1.82) is 0 Å². The van der Waals surface area contributed by atoms with Gasteiger partial charge >= 0.3 is 5.97 Å². The molecule has 4 bridgehead atoms.